The van der Waals surface area contributed by atoms with Crippen LogP contribution in [0.25, 0.3) is 0 Å². The third kappa shape index (κ3) is 3.66. The van der Waals surface area contributed by atoms with E-state index in [0.29, 0.717) is 6.54 Å². The van der Waals surface area contributed by atoms with Gasteiger partial charge in [-0.1, -0.05) is 19.8 Å². The van der Waals surface area contributed by atoms with Gasteiger partial charge in [-0.25, -0.2) is 9.59 Å². The highest BCUT2D eigenvalue weighted by Crippen LogP contribution is 2.15. The number of carbonyl (C=O) groups excluding carboxylic acids is 1. The van der Waals surface area contributed by atoms with Gasteiger partial charge in [-0.15, -0.1) is 6.42 Å². The van der Waals surface area contributed by atoms with Crippen molar-refractivity contribution < 1.29 is 14.7 Å². The van der Waals surface area contributed by atoms with E-state index in [0.717, 1.165) is 0 Å². The van der Waals surface area contributed by atoms with E-state index < -0.39 is 23.6 Å². The SMILES string of the molecule is C#CC(NC(=O)N(CC)C(C)(C)C(=O)O)C(C)C. The Kier molecular flexibility index (Phi) is 5.70. The quantitative estimate of drug-likeness (QED) is 0.731. The van der Waals surface area contributed by atoms with Crippen molar-refractivity contribution in [2.24, 2.45) is 5.92 Å². The molecule has 0 saturated carbocycles. The summed E-state index contributed by atoms with van der Waals surface area (Å²) in [5.41, 5.74) is -1.27. The normalized spacial score (nSPS) is 12.7. The Balaban J connectivity index is 4.95. The Hall–Kier alpha value is -1.70. The number of amides is 2. The van der Waals surface area contributed by atoms with E-state index in [2.05, 4.69) is 11.2 Å². The van der Waals surface area contributed by atoms with Gasteiger partial charge in [0.25, 0.3) is 0 Å². The van der Waals surface area contributed by atoms with Crippen LogP contribution in [0.5, 0.6) is 0 Å². The van der Waals surface area contributed by atoms with Crippen LogP contribution in [0, 0.1) is 18.3 Å². The molecule has 0 aromatic rings. The van der Waals surface area contributed by atoms with Crippen molar-refractivity contribution in [3.63, 3.8) is 0 Å². The first-order valence-corrected chi connectivity index (χ1v) is 5.96. The van der Waals surface area contributed by atoms with E-state index in [4.69, 9.17) is 11.5 Å². The molecule has 0 aliphatic rings. The van der Waals surface area contributed by atoms with E-state index in [1.54, 1.807) is 6.92 Å². The first-order chi connectivity index (χ1) is 8.18. The van der Waals surface area contributed by atoms with E-state index >= 15 is 0 Å². The summed E-state index contributed by atoms with van der Waals surface area (Å²) < 4.78 is 0. The lowest BCUT2D eigenvalue weighted by Crippen LogP contribution is -2.57. The Labute approximate surface area is 109 Å². The fourth-order valence-electron chi connectivity index (χ4n) is 1.52. The number of carboxylic acid groups (broad SMARTS) is 1. The molecule has 0 heterocycles. The molecule has 0 fully saturated rings. The Morgan fingerprint density at radius 1 is 1.44 bits per heavy atom. The third-order valence-electron chi connectivity index (χ3n) is 2.88. The number of nitrogens with one attached hydrogen (secondary N) is 1. The molecule has 0 radical (unpaired) electrons. The van der Waals surface area contributed by atoms with E-state index in [9.17, 15) is 9.59 Å². The molecule has 18 heavy (non-hydrogen) atoms. The van der Waals surface area contributed by atoms with Gasteiger partial charge < -0.3 is 15.3 Å². The number of nitrogens with zero attached hydrogens (tertiary/aromatic N) is 1. The van der Waals surface area contributed by atoms with Crippen LogP contribution in [-0.2, 0) is 4.79 Å². The number of terminal acetylenes is 1. The second kappa shape index (κ2) is 6.29. The highest BCUT2D eigenvalue weighted by Gasteiger charge is 2.37. The second-order valence-corrected chi connectivity index (χ2v) is 4.95. The van der Waals surface area contributed by atoms with Crippen molar-refractivity contribution in [2.75, 3.05) is 6.54 Å². The fourth-order valence-corrected chi connectivity index (χ4v) is 1.52. The predicted molar refractivity (Wildman–Crippen MR) is 70.1 cm³/mol. The van der Waals surface area contributed by atoms with E-state index in [-0.39, 0.29) is 5.92 Å². The number of hydrogen-bond donors (Lipinski definition) is 2. The lowest BCUT2D eigenvalue weighted by molar-refractivity contribution is -0.147. The minimum absolute atomic E-state index is 0.0885. The largest absolute Gasteiger partial charge is 0.480 e. The maximum atomic E-state index is 12.1. The lowest BCUT2D eigenvalue weighted by Gasteiger charge is -2.35. The smallest absolute Gasteiger partial charge is 0.329 e. The summed E-state index contributed by atoms with van der Waals surface area (Å²) in [5.74, 6) is 1.52. The Morgan fingerprint density at radius 3 is 2.22 bits per heavy atom. The summed E-state index contributed by atoms with van der Waals surface area (Å²) in [5, 5.41) is 11.8. The summed E-state index contributed by atoms with van der Waals surface area (Å²) in [6.45, 7) is 8.77. The zero-order valence-electron chi connectivity index (χ0n) is 11.7. The van der Waals surface area contributed by atoms with Crippen LogP contribution in [0.1, 0.15) is 34.6 Å². The monoisotopic (exact) mass is 254 g/mol. The van der Waals surface area contributed by atoms with Gasteiger partial charge in [0.1, 0.15) is 5.54 Å². The average molecular weight is 254 g/mol. The molecule has 1 unspecified atom stereocenters. The summed E-state index contributed by atoms with van der Waals surface area (Å²) in [6.07, 6.45) is 5.33. The van der Waals surface area contributed by atoms with Crippen molar-refractivity contribution in [1.29, 1.82) is 0 Å². The summed E-state index contributed by atoms with van der Waals surface area (Å²) in [6, 6.07) is -0.863. The minimum Gasteiger partial charge on any atom is -0.480 e. The average Bonchev–Trinajstić information content (AvgIpc) is 2.25. The maximum Gasteiger partial charge on any atom is 0.329 e. The lowest BCUT2D eigenvalue weighted by atomic mass is 10.0. The number of carbonyl (C=O) groups is 2. The molecule has 0 spiro atoms. The zero-order valence-corrected chi connectivity index (χ0v) is 11.7. The molecule has 5 nitrogen and oxygen atoms in total. The van der Waals surface area contributed by atoms with Gasteiger partial charge >= 0.3 is 12.0 Å². The number of likely N-dealkylation sites (N-methyl/N-ethyl adjacent to an activating group) is 1. The van der Waals surface area contributed by atoms with Crippen LogP contribution in [0.2, 0.25) is 0 Å². The summed E-state index contributed by atoms with van der Waals surface area (Å²) in [7, 11) is 0. The molecular formula is C13H22N2O3. The van der Waals surface area contributed by atoms with Crippen LogP contribution in [0.3, 0.4) is 0 Å². The van der Waals surface area contributed by atoms with Gasteiger partial charge in [-0.3, -0.25) is 0 Å². The molecule has 102 valence electrons. The van der Waals surface area contributed by atoms with Gasteiger partial charge in [0, 0.05) is 6.54 Å². The van der Waals surface area contributed by atoms with Gasteiger partial charge in [-0.05, 0) is 26.7 Å². The fraction of sp³-hybridized carbons (Fsp3) is 0.692. The molecule has 0 aliphatic carbocycles. The zero-order chi connectivity index (χ0) is 14.5. The number of aliphatic carboxylic acids is 1. The molecular weight excluding hydrogens is 232 g/mol. The molecule has 0 aliphatic heterocycles. The highest BCUT2D eigenvalue weighted by molar-refractivity contribution is 5.85. The van der Waals surface area contributed by atoms with Crippen molar-refractivity contribution in [1.82, 2.24) is 10.2 Å². The molecule has 2 N–H and O–H groups in total. The molecule has 0 aromatic carbocycles. The first-order valence-electron chi connectivity index (χ1n) is 5.96. The third-order valence-corrected chi connectivity index (χ3v) is 2.88. The van der Waals surface area contributed by atoms with Gasteiger partial charge in [0.2, 0.25) is 0 Å². The van der Waals surface area contributed by atoms with E-state index in [1.807, 2.05) is 13.8 Å². The van der Waals surface area contributed by atoms with Crippen LogP contribution in [0.15, 0.2) is 0 Å². The number of carboxylic acids is 1. The van der Waals surface area contributed by atoms with E-state index in [1.165, 1.54) is 18.7 Å². The Morgan fingerprint density at radius 2 is 1.94 bits per heavy atom. The van der Waals surface area contributed by atoms with Gasteiger partial charge in [0.15, 0.2) is 0 Å². The standard InChI is InChI=1S/C13H22N2O3/c1-7-10(9(3)4)14-12(18)15(8-2)13(5,6)11(16)17/h1,9-10H,8H2,2-6H3,(H,14,18)(H,16,17). The minimum atomic E-state index is -1.27. The number of hydrogen-bond acceptors (Lipinski definition) is 2. The van der Waals surface area contributed by atoms with Crippen molar-refractivity contribution in [2.45, 2.75) is 46.2 Å². The highest BCUT2D eigenvalue weighted by atomic mass is 16.4. The molecule has 0 saturated heterocycles. The number of rotatable bonds is 5. The van der Waals surface area contributed by atoms with Gasteiger partial charge in [-0.2, -0.15) is 0 Å². The molecule has 5 heteroatoms. The van der Waals surface area contributed by atoms with Crippen LogP contribution >= 0.6 is 0 Å². The maximum absolute atomic E-state index is 12.1. The Bertz CT molecular complexity index is 356. The number of urea groups is 1. The topological polar surface area (TPSA) is 69.6 Å². The molecule has 0 bridgehead atoms. The van der Waals surface area contributed by atoms with Crippen LogP contribution in [0.4, 0.5) is 4.79 Å². The predicted octanol–water partition coefficient (Wildman–Crippen LogP) is 1.54. The first kappa shape index (κ1) is 16.3. The molecule has 0 aromatic heterocycles. The van der Waals surface area contributed by atoms with Gasteiger partial charge in [0.05, 0.1) is 6.04 Å². The summed E-state index contributed by atoms with van der Waals surface area (Å²) >= 11 is 0. The molecule has 2 amide bonds. The van der Waals surface area contributed by atoms with Crippen molar-refractivity contribution in [3.8, 4) is 12.3 Å². The van der Waals surface area contributed by atoms with Crippen LogP contribution < -0.4 is 5.32 Å². The van der Waals surface area contributed by atoms with Crippen molar-refractivity contribution >= 4 is 12.0 Å². The molecule has 1 atom stereocenters. The van der Waals surface area contributed by atoms with Crippen LogP contribution in [-0.4, -0.2) is 40.1 Å². The summed E-state index contributed by atoms with van der Waals surface area (Å²) in [4.78, 5) is 24.5. The molecule has 0 rings (SSSR count). The van der Waals surface area contributed by atoms with Crippen molar-refractivity contribution in [3.05, 3.63) is 0 Å². The second-order valence-electron chi connectivity index (χ2n) is 4.95.